The Hall–Kier alpha value is -1.05. The third-order valence-electron chi connectivity index (χ3n) is 2.39. The fourth-order valence-corrected chi connectivity index (χ4v) is 1.16. The standard InChI is InChI=1S/C13H24N2/c1-6-9-10-11-13(7-2)14-12(4)15(5)8-3/h8,11H,3,6-7,9-10H2,1-2,4-5H3. The van der Waals surface area contributed by atoms with E-state index >= 15 is 0 Å². The summed E-state index contributed by atoms with van der Waals surface area (Å²) in [5.74, 6) is 0.995. The number of aliphatic imine (C=N–C) groups is 1. The molecular formula is C13H24N2. The van der Waals surface area contributed by atoms with E-state index in [1.54, 1.807) is 6.20 Å². The maximum Gasteiger partial charge on any atom is 0.105 e. The van der Waals surface area contributed by atoms with Gasteiger partial charge in [0.25, 0.3) is 0 Å². The summed E-state index contributed by atoms with van der Waals surface area (Å²) in [7, 11) is 1.96. The van der Waals surface area contributed by atoms with Crippen LogP contribution in [0.1, 0.15) is 46.5 Å². The second-order valence-corrected chi connectivity index (χ2v) is 3.64. The topological polar surface area (TPSA) is 15.6 Å². The Balaban J connectivity index is 4.41. The highest BCUT2D eigenvalue weighted by molar-refractivity contribution is 5.81. The average molecular weight is 208 g/mol. The Labute approximate surface area is 94.4 Å². The Morgan fingerprint density at radius 3 is 2.53 bits per heavy atom. The Morgan fingerprint density at radius 1 is 1.40 bits per heavy atom. The summed E-state index contributed by atoms with van der Waals surface area (Å²) >= 11 is 0. The molecule has 0 atom stereocenters. The van der Waals surface area contributed by atoms with Crippen LogP contribution in [0.25, 0.3) is 0 Å². The van der Waals surface area contributed by atoms with Crippen molar-refractivity contribution in [2.24, 2.45) is 4.99 Å². The predicted octanol–water partition coefficient (Wildman–Crippen LogP) is 3.96. The predicted molar refractivity (Wildman–Crippen MR) is 69.0 cm³/mol. The van der Waals surface area contributed by atoms with Gasteiger partial charge < -0.3 is 4.90 Å². The van der Waals surface area contributed by atoms with Crippen LogP contribution in [0.2, 0.25) is 0 Å². The molecular weight excluding hydrogens is 184 g/mol. The van der Waals surface area contributed by atoms with Gasteiger partial charge in [-0.15, -0.1) is 0 Å². The quantitative estimate of drug-likeness (QED) is 0.366. The second-order valence-electron chi connectivity index (χ2n) is 3.64. The van der Waals surface area contributed by atoms with Gasteiger partial charge in [0.05, 0.1) is 0 Å². The number of amidine groups is 1. The van der Waals surface area contributed by atoms with Crippen molar-refractivity contribution in [3.05, 3.63) is 24.6 Å². The van der Waals surface area contributed by atoms with Gasteiger partial charge in [0.1, 0.15) is 5.84 Å². The lowest BCUT2D eigenvalue weighted by molar-refractivity contribution is 0.682. The minimum absolute atomic E-state index is 0.992. The van der Waals surface area contributed by atoms with Crippen LogP contribution in [0.15, 0.2) is 29.5 Å². The number of nitrogens with zero attached hydrogens (tertiary/aromatic N) is 2. The van der Waals surface area contributed by atoms with Crippen molar-refractivity contribution in [2.45, 2.75) is 46.5 Å². The molecule has 0 aliphatic carbocycles. The molecule has 0 aromatic heterocycles. The van der Waals surface area contributed by atoms with Gasteiger partial charge in [-0.2, -0.15) is 0 Å². The van der Waals surface area contributed by atoms with E-state index in [0.717, 1.165) is 18.7 Å². The normalized spacial score (nSPS) is 12.8. The van der Waals surface area contributed by atoms with Crippen LogP contribution < -0.4 is 0 Å². The molecule has 86 valence electrons. The molecule has 0 N–H and O–H groups in total. The zero-order chi connectivity index (χ0) is 11.7. The maximum absolute atomic E-state index is 4.57. The van der Waals surface area contributed by atoms with E-state index in [1.807, 2.05) is 18.9 Å². The van der Waals surface area contributed by atoms with Crippen LogP contribution in [0.3, 0.4) is 0 Å². The lowest BCUT2D eigenvalue weighted by atomic mass is 10.2. The van der Waals surface area contributed by atoms with Crippen LogP contribution in [0.5, 0.6) is 0 Å². The first kappa shape index (κ1) is 13.9. The van der Waals surface area contributed by atoms with Crippen LogP contribution in [-0.2, 0) is 0 Å². The number of allylic oxidation sites excluding steroid dienone is 2. The summed E-state index contributed by atoms with van der Waals surface area (Å²) in [5.41, 5.74) is 1.18. The molecule has 0 saturated heterocycles. The summed E-state index contributed by atoms with van der Waals surface area (Å²) in [4.78, 5) is 6.50. The van der Waals surface area contributed by atoms with Gasteiger partial charge in [0.15, 0.2) is 0 Å². The molecule has 0 amide bonds. The Morgan fingerprint density at radius 2 is 2.07 bits per heavy atom. The van der Waals surface area contributed by atoms with Gasteiger partial charge in [0.2, 0.25) is 0 Å². The molecule has 0 aliphatic heterocycles. The monoisotopic (exact) mass is 208 g/mol. The third kappa shape index (κ3) is 6.10. The van der Waals surface area contributed by atoms with Crippen molar-refractivity contribution < 1.29 is 0 Å². The van der Waals surface area contributed by atoms with Crippen LogP contribution in [-0.4, -0.2) is 17.8 Å². The fourth-order valence-electron chi connectivity index (χ4n) is 1.16. The molecule has 0 rings (SSSR count). The molecule has 2 nitrogen and oxygen atoms in total. The molecule has 0 unspecified atom stereocenters. The van der Waals surface area contributed by atoms with Crippen molar-refractivity contribution in [1.82, 2.24) is 4.90 Å². The maximum atomic E-state index is 4.57. The molecule has 0 bridgehead atoms. The van der Waals surface area contributed by atoms with Crippen molar-refractivity contribution in [2.75, 3.05) is 7.05 Å². The van der Waals surface area contributed by atoms with Crippen molar-refractivity contribution in [3.8, 4) is 0 Å². The molecule has 0 saturated carbocycles. The summed E-state index contributed by atoms with van der Waals surface area (Å²) in [6.45, 7) is 10.1. The highest BCUT2D eigenvalue weighted by Gasteiger charge is 1.96. The van der Waals surface area contributed by atoms with Crippen molar-refractivity contribution >= 4 is 5.84 Å². The van der Waals surface area contributed by atoms with Gasteiger partial charge in [-0.3, -0.25) is 0 Å². The molecule has 0 aliphatic rings. The van der Waals surface area contributed by atoms with Gasteiger partial charge in [-0.1, -0.05) is 39.3 Å². The van der Waals surface area contributed by atoms with Gasteiger partial charge >= 0.3 is 0 Å². The SMILES string of the molecule is C=CN(C)C(C)=NC(=CCCCC)CC. The number of unbranched alkanes of at least 4 members (excludes halogenated alkanes) is 2. The first-order chi connectivity index (χ1) is 7.15. The Kier molecular flexibility index (Phi) is 7.69. The summed E-state index contributed by atoms with van der Waals surface area (Å²) in [5, 5.41) is 0. The Bertz CT molecular complexity index is 239. The van der Waals surface area contributed by atoms with E-state index < -0.39 is 0 Å². The number of hydrogen-bond donors (Lipinski definition) is 0. The summed E-state index contributed by atoms with van der Waals surface area (Å²) in [6.07, 6.45) is 8.63. The highest BCUT2D eigenvalue weighted by atomic mass is 15.1. The van der Waals surface area contributed by atoms with E-state index in [9.17, 15) is 0 Å². The summed E-state index contributed by atoms with van der Waals surface area (Å²) in [6, 6.07) is 0. The van der Waals surface area contributed by atoms with E-state index in [0.29, 0.717) is 0 Å². The molecule has 2 heteroatoms. The van der Waals surface area contributed by atoms with Gasteiger partial charge in [-0.05, 0) is 26.0 Å². The molecule has 0 fully saturated rings. The minimum atomic E-state index is 0.992. The second kappa shape index (κ2) is 8.27. The van der Waals surface area contributed by atoms with Crippen LogP contribution >= 0.6 is 0 Å². The molecule has 0 radical (unpaired) electrons. The van der Waals surface area contributed by atoms with Crippen molar-refractivity contribution in [3.63, 3.8) is 0 Å². The van der Waals surface area contributed by atoms with Gasteiger partial charge in [-0.25, -0.2) is 4.99 Å². The van der Waals surface area contributed by atoms with Crippen molar-refractivity contribution in [1.29, 1.82) is 0 Å². The lowest BCUT2D eigenvalue weighted by Gasteiger charge is -2.12. The molecule has 15 heavy (non-hydrogen) atoms. The number of hydrogen-bond acceptors (Lipinski definition) is 1. The van der Waals surface area contributed by atoms with E-state index in [2.05, 4.69) is 31.5 Å². The van der Waals surface area contributed by atoms with E-state index in [1.165, 1.54) is 18.5 Å². The summed E-state index contributed by atoms with van der Waals surface area (Å²) < 4.78 is 0. The van der Waals surface area contributed by atoms with Gasteiger partial charge in [0, 0.05) is 12.7 Å². The smallest absolute Gasteiger partial charge is 0.105 e. The fraction of sp³-hybridized carbons (Fsp3) is 0.615. The average Bonchev–Trinajstić information content (AvgIpc) is 2.26. The number of rotatable bonds is 6. The lowest BCUT2D eigenvalue weighted by Crippen LogP contribution is -2.17. The largest absolute Gasteiger partial charge is 0.340 e. The molecule has 0 heterocycles. The highest BCUT2D eigenvalue weighted by Crippen LogP contribution is 2.08. The van der Waals surface area contributed by atoms with E-state index in [4.69, 9.17) is 0 Å². The van der Waals surface area contributed by atoms with Crippen LogP contribution in [0, 0.1) is 0 Å². The first-order valence-corrected chi connectivity index (χ1v) is 5.75. The molecule has 0 spiro atoms. The van der Waals surface area contributed by atoms with E-state index in [-0.39, 0.29) is 0 Å². The first-order valence-electron chi connectivity index (χ1n) is 5.75. The molecule has 0 aromatic rings. The third-order valence-corrected chi connectivity index (χ3v) is 2.39. The zero-order valence-electron chi connectivity index (χ0n) is 10.6. The van der Waals surface area contributed by atoms with Crippen LogP contribution in [0.4, 0.5) is 0 Å². The zero-order valence-corrected chi connectivity index (χ0v) is 10.6. The molecule has 0 aromatic carbocycles. The minimum Gasteiger partial charge on any atom is -0.340 e.